The van der Waals surface area contributed by atoms with Crippen molar-refractivity contribution in [2.75, 3.05) is 6.61 Å². The molecule has 0 saturated carbocycles. The zero-order valence-corrected chi connectivity index (χ0v) is 11.4. The van der Waals surface area contributed by atoms with Gasteiger partial charge in [-0.25, -0.2) is 0 Å². The van der Waals surface area contributed by atoms with E-state index in [2.05, 4.69) is 6.58 Å². The van der Waals surface area contributed by atoms with Gasteiger partial charge in [-0.1, -0.05) is 24.8 Å². The van der Waals surface area contributed by atoms with E-state index in [-0.39, 0.29) is 6.61 Å². The third-order valence-electron chi connectivity index (χ3n) is 2.26. The normalized spacial score (nSPS) is 15.4. The van der Waals surface area contributed by atoms with Crippen LogP contribution < -0.4 is 5.30 Å². The molecule has 2 atom stereocenters. The van der Waals surface area contributed by atoms with Crippen LogP contribution >= 0.6 is 7.37 Å². The predicted molar refractivity (Wildman–Crippen MR) is 71.1 cm³/mol. The Kier molecular flexibility index (Phi) is 5.32. The van der Waals surface area contributed by atoms with Crippen LogP contribution in [0.1, 0.15) is 13.8 Å². The van der Waals surface area contributed by atoms with Gasteiger partial charge in [-0.2, -0.15) is 0 Å². The molecule has 1 aromatic rings. The highest BCUT2D eigenvalue weighted by molar-refractivity contribution is 7.67. The molecule has 2 unspecified atom stereocenters. The second kappa shape index (κ2) is 6.53. The topological polar surface area (TPSA) is 52.6 Å². The lowest BCUT2D eigenvalue weighted by atomic mass is 10.4. The summed E-state index contributed by atoms with van der Waals surface area (Å²) in [5.41, 5.74) is 0. The fraction of sp³-hybridized carbons (Fsp3) is 0.308. The molecule has 0 radical (unpaired) electrons. The van der Waals surface area contributed by atoms with Gasteiger partial charge >= 0.3 is 5.97 Å². The van der Waals surface area contributed by atoms with Gasteiger partial charge in [0.1, 0.15) is 0 Å². The Morgan fingerprint density at radius 3 is 2.50 bits per heavy atom. The molecule has 0 saturated heterocycles. The first-order chi connectivity index (χ1) is 8.54. The van der Waals surface area contributed by atoms with E-state index in [1.165, 1.54) is 13.0 Å². The summed E-state index contributed by atoms with van der Waals surface area (Å²) < 4.78 is 23.3. The number of benzene rings is 1. The van der Waals surface area contributed by atoms with E-state index >= 15 is 0 Å². The van der Waals surface area contributed by atoms with E-state index in [1.807, 2.05) is 6.07 Å². The standard InChI is InChI=1S/C13H17O4P/c1-4-13(17-11(3)14)18(15,16-5-2)12-9-7-6-8-10-12/h4,6-10,13H,1,5H2,2-3H3. The first-order valence-corrected chi connectivity index (χ1v) is 7.33. The summed E-state index contributed by atoms with van der Waals surface area (Å²) in [5.74, 6) is -1.48. The van der Waals surface area contributed by atoms with Crippen molar-refractivity contribution >= 4 is 18.6 Å². The number of carbonyl (C=O) groups excluding carboxylic acids is 1. The highest BCUT2D eigenvalue weighted by atomic mass is 31.2. The van der Waals surface area contributed by atoms with Gasteiger partial charge in [0.05, 0.1) is 6.61 Å². The monoisotopic (exact) mass is 268 g/mol. The van der Waals surface area contributed by atoms with Crippen LogP contribution in [0, 0.1) is 0 Å². The SMILES string of the molecule is C=CC(OC(C)=O)P(=O)(OCC)c1ccccc1. The van der Waals surface area contributed by atoms with Gasteiger partial charge in [-0.3, -0.25) is 9.36 Å². The van der Waals surface area contributed by atoms with Crippen LogP contribution in [0.4, 0.5) is 0 Å². The largest absolute Gasteiger partial charge is 0.447 e. The lowest BCUT2D eigenvalue weighted by Crippen LogP contribution is -2.22. The van der Waals surface area contributed by atoms with Crippen molar-refractivity contribution in [2.45, 2.75) is 19.7 Å². The van der Waals surface area contributed by atoms with E-state index in [4.69, 9.17) is 9.26 Å². The summed E-state index contributed by atoms with van der Waals surface area (Å²) in [4.78, 5) is 11.0. The third kappa shape index (κ3) is 3.31. The number of hydrogen-bond donors (Lipinski definition) is 0. The number of carbonyl (C=O) groups is 1. The van der Waals surface area contributed by atoms with Crippen molar-refractivity contribution in [2.24, 2.45) is 0 Å². The second-order valence-electron chi connectivity index (χ2n) is 3.59. The molecule has 98 valence electrons. The fourth-order valence-electron chi connectivity index (χ4n) is 1.55. The Hall–Kier alpha value is -1.38. The minimum Gasteiger partial charge on any atom is -0.447 e. The molecule has 0 aliphatic carbocycles. The van der Waals surface area contributed by atoms with Crippen LogP contribution in [0.25, 0.3) is 0 Å². The predicted octanol–water partition coefficient (Wildman–Crippen LogP) is 2.70. The molecule has 0 spiro atoms. The van der Waals surface area contributed by atoms with Gasteiger partial charge < -0.3 is 9.26 Å². The van der Waals surface area contributed by atoms with Gasteiger partial charge in [-0.15, -0.1) is 0 Å². The van der Waals surface area contributed by atoms with Gasteiger partial charge in [0, 0.05) is 12.2 Å². The van der Waals surface area contributed by atoms with Crippen LogP contribution in [0.5, 0.6) is 0 Å². The minimum absolute atomic E-state index is 0.262. The fourth-order valence-corrected chi connectivity index (χ4v) is 3.67. The van der Waals surface area contributed by atoms with Crippen LogP contribution in [0.3, 0.4) is 0 Å². The lowest BCUT2D eigenvalue weighted by Gasteiger charge is -2.24. The number of rotatable bonds is 6. The maximum Gasteiger partial charge on any atom is 0.303 e. The molecule has 0 bridgehead atoms. The quantitative estimate of drug-likeness (QED) is 0.452. The molecule has 0 aromatic heterocycles. The van der Waals surface area contributed by atoms with Crippen molar-refractivity contribution in [1.29, 1.82) is 0 Å². The number of esters is 1. The van der Waals surface area contributed by atoms with Gasteiger partial charge in [-0.05, 0) is 25.1 Å². The molecular weight excluding hydrogens is 251 g/mol. The first-order valence-electron chi connectivity index (χ1n) is 5.64. The molecule has 0 amide bonds. The molecular formula is C13H17O4P. The summed E-state index contributed by atoms with van der Waals surface area (Å²) in [7, 11) is -3.30. The maximum atomic E-state index is 12.9. The van der Waals surface area contributed by atoms with Gasteiger partial charge in [0.25, 0.3) is 7.37 Å². The zero-order chi connectivity index (χ0) is 13.6. The van der Waals surface area contributed by atoms with Crippen LogP contribution in [0.15, 0.2) is 43.0 Å². The van der Waals surface area contributed by atoms with Gasteiger partial charge in [0.2, 0.25) is 0 Å². The van der Waals surface area contributed by atoms with Crippen LogP contribution in [-0.2, 0) is 18.6 Å². The number of ether oxygens (including phenoxy) is 1. The van der Waals surface area contributed by atoms with E-state index in [0.29, 0.717) is 5.30 Å². The summed E-state index contributed by atoms with van der Waals surface area (Å²) in [5, 5.41) is 0.512. The average molecular weight is 268 g/mol. The van der Waals surface area contributed by atoms with E-state index < -0.39 is 19.2 Å². The van der Waals surface area contributed by atoms with E-state index in [0.717, 1.165) is 0 Å². The lowest BCUT2D eigenvalue weighted by molar-refractivity contribution is -0.141. The molecule has 0 aliphatic heterocycles. The van der Waals surface area contributed by atoms with Crippen molar-refractivity contribution in [1.82, 2.24) is 0 Å². The molecule has 0 aliphatic rings. The van der Waals surface area contributed by atoms with Crippen LogP contribution in [-0.4, -0.2) is 18.4 Å². The summed E-state index contributed by atoms with van der Waals surface area (Å²) in [6, 6.07) is 8.71. The maximum absolute atomic E-state index is 12.9. The number of hydrogen-bond acceptors (Lipinski definition) is 4. The van der Waals surface area contributed by atoms with Crippen molar-refractivity contribution in [3.63, 3.8) is 0 Å². The van der Waals surface area contributed by atoms with Crippen molar-refractivity contribution in [3.8, 4) is 0 Å². The molecule has 4 nitrogen and oxygen atoms in total. The minimum atomic E-state index is -3.30. The van der Waals surface area contributed by atoms with Crippen LogP contribution in [0.2, 0.25) is 0 Å². The Morgan fingerprint density at radius 1 is 1.44 bits per heavy atom. The summed E-state index contributed by atoms with van der Waals surface area (Å²) in [6.45, 7) is 6.82. The smallest absolute Gasteiger partial charge is 0.303 e. The van der Waals surface area contributed by atoms with Crippen molar-refractivity contribution in [3.05, 3.63) is 43.0 Å². The Morgan fingerprint density at radius 2 is 2.06 bits per heavy atom. The Balaban J connectivity index is 3.17. The summed E-state index contributed by atoms with van der Waals surface area (Å²) in [6.07, 6.45) is 1.34. The van der Waals surface area contributed by atoms with Crippen molar-refractivity contribution < 1.29 is 18.6 Å². The molecule has 0 N–H and O–H groups in total. The highest BCUT2D eigenvalue weighted by Gasteiger charge is 2.36. The molecule has 1 rings (SSSR count). The van der Waals surface area contributed by atoms with E-state index in [1.54, 1.807) is 31.2 Å². The zero-order valence-electron chi connectivity index (χ0n) is 10.5. The molecule has 0 heterocycles. The second-order valence-corrected chi connectivity index (χ2v) is 6.06. The van der Waals surface area contributed by atoms with Gasteiger partial charge in [0.15, 0.2) is 5.85 Å². The molecule has 5 heteroatoms. The summed E-state index contributed by atoms with van der Waals surface area (Å²) >= 11 is 0. The third-order valence-corrected chi connectivity index (χ3v) is 4.91. The highest BCUT2D eigenvalue weighted by Crippen LogP contribution is 2.51. The molecule has 18 heavy (non-hydrogen) atoms. The van der Waals surface area contributed by atoms with E-state index in [9.17, 15) is 9.36 Å². The molecule has 0 fully saturated rings. The average Bonchev–Trinajstić information content (AvgIpc) is 2.37. The first kappa shape index (κ1) is 14.7. The Labute approximate surface area is 107 Å². The Bertz CT molecular complexity index is 455. The molecule has 1 aromatic carbocycles.